The highest BCUT2D eigenvalue weighted by Crippen LogP contribution is 2.30. The van der Waals surface area contributed by atoms with Crippen molar-refractivity contribution in [2.75, 3.05) is 33.4 Å². The fourth-order valence-electron chi connectivity index (χ4n) is 3.79. The first kappa shape index (κ1) is 15.6. The first-order valence-corrected chi connectivity index (χ1v) is 8.49. The Morgan fingerprint density at radius 1 is 1.23 bits per heavy atom. The predicted octanol–water partition coefficient (Wildman–Crippen LogP) is 2.76. The largest absolute Gasteiger partial charge is 0.493 e. The molecular formula is C18H28N2O2. The summed E-state index contributed by atoms with van der Waals surface area (Å²) >= 11 is 0. The van der Waals surface area contributed by atoms with Crippen LogP contribution in [-0.4, -0.2) is 55.2 Å². The van der Waals surface area contributed by atoms with Crippen LogP contribution in [0.4, 0.5) is 0 Å². The molecule has 0 saturated carbocycles. The summed E-state index contributed by atoms with van der Waals surface area (Å²) in [7, 11) is 1.69. The van der Waals surface area contributed by atoms with Gasteiger partial charge >= 0.3 is 0 Å². The fraction of sp³-hybridized carbons (Fsp3) is 0.667. The number of benzene rings is 1. The zero-order chi connectivity index (χ0) is 15.5. The van der Waals surface area contributed by atoms with Gasteiger partial charge in [-0.2, -0.15) is 0 Å². The lowest BCUT2D eigenvalue weighted by molar-refractivity contribution is 0.0540. The molecule has 3 rings (SSSR count). The van der Waals surface area contributed by atoms with Crippen molar-refractivity contribution in [3.8, 4) is 11.5 Å². The van der Waals surface area contributed by atoms with E-state index in [4.69, 9.17) is 9.47 Å². The van der Waals surface area contributed by atoms with Crippen LogP contribution in [-0.2, 0) is 6.54 Å². The summed E-state index contributed by atoms with van der Waals surface area (Å²) in [4.78, 5) is 5.28. The summed E-state index contributed by atoms with van der Waals surface area (Å²) < 4.78 is 11.1. The molecule has 1 aromatic rings. The molecule has 0 spiro atoms. The molecule has 0 aliphatic carbocycles. The lowest BCUT2D eigenvalue weighted by Crippen LogP contribution is -2.54. The molecule has 122 valence electrons. The summed E-state index contributed by atoms with van der Waals surface area (Å²) in [6.45, 7) is 9.71. The van der Waals surface area contributed by atoms with Crippen molar-refractivity contribution in [1.82, 2.24) is 9.80 Å². The van der Waals surface area contributed by atoms with Gasteiger partial charge in [-0.1, -0.05) is 6.07 Å². The molecule has 4 nitrogen and oxygen atoms in total. The Kier molecular flexibility index (Phi) is 4.89. The van der Waals surface area contributed by atoms with Crippen LogP contribution in [0.2, 0.25) is 0 Å². The number of fused-ring (bicyclic) bond motifs is 1. The Labute approximate surface area is 134 Å². The number of piperazine rings is 1. The summed E-state index contributed by atoms with van der Waals surface area (Å²) in [5, 5.41) is 0. The zero-order valence-corrected chi connectivity index (χ0v) is 14.0. The summed E-state index contributed by atoms with van der Waals surface area (Å²) in [5.74, 6) is 1.67. The predicted molar refractivity (Wildman–Crippen MR) is 88.6 cm³/mol. The van der Waals surface area contributed by atoms with Gasteiger partial charge in [0, 0.05) is 31.7 Å². The van der Waals surface area contributed by atoms with Crippen molar-refractivity contribution in [2.24, 2.45) is 0 Å². The van der Waals surface area contributed by atoms with E-state index < -0.39 is 0 Å². The highest BCUT2D eigenvalue weighted by Gasteiger charge is 2.34. The van der Waals surface area contributed by atoms with Crippen LogP contribution >= 0.6 is 0 Å². The Morgan fingerprint density at radius 2 is 2.09 bits per heavy atom. The topological polar surface area (TPSA) is 24.9 Å². The van der Waals surface area contributed by atoms with Crippen LogP contribution in [0.15, 0.2) is 18.2 Å². The second-order valence-corrected chi connectivity index (χ2v) is 6.49. The molecule has 1 aromatic carbocycles. The summed E-state index contributed by atoms with van der Waals surface area (Å²) in [5.41, 5.74) is 1.31. The molecule has 0 radical (unpaired) electrons. The molecule has 2 atom stereocenters. The number of hydrogen-bond acceptors (Lipinski definition) is 4. The van der Waals surface area contributed by atoms with Crippen molar-refractivity contribution in [2.45, 2.75) is 45.3 Å². The fourth-order valence-corrected chi connectivity index (χ4v) is 3.79. The molecule has 0 aromatic heterocycles. The first-order chi connectivity index (χ1) is 10.7. The quantitative estimate of drug-likeness (QED) is 0.835. The van der Waals surface area contributed by atoms with E-state index in [-0.39, 0.29) is 0 Å². The lowest BCUT2D eigenvalue weighted by Gasteiger charge is -2.42. The van der Waals surface area contributed by atoms with E-state index in [0.29, 0.717) is 12.6 Å². The van der Waals surface area contributed by atoms with Crippen LogP contribution in [0, 0.1) is 0 Å². The van der Waals surface area contributed by atoms with Crippen LogP contribution in [0.1, 0.15) is 32.3 Å². The average molecular weight is 304 g/mol. The molecule has 0 amide bonds. The van der Waals surface area contributed by atoms with Gasteiger partial charge in [0.05, 0.1) is 13.7 Å². The van der Waals surface area contributed by atoms with E-state index in [2.05, 4.69) is 28.9 Å². The van der Waals surface area contributed by atoms with Crippen molar-refractivity contribution < 1.29 is 9.47 Å². The van der Waals surface area contributed by atoms with Gasteiger partial charge in [-0.25, -0.2) is 0 Å². The maximum absolute atomic E-state index is 5.70. The highest BCUT2D eigenvalue weighted by atomic mass is 16.5. The van der Waals surface area contributed by atoms with Gasteiger partial charge in [-0.05, 0) is 50.9 Å². The molecule has 0 N–H and O–H groups in total. The van der Waals surface area contributed by atoms with Gasteiger partial charge in [-0.3, -0.25) is 9.80 Å². The number of methoxy groups -OCH3 is 1. The summed E-state index contributed by atoms with van der Waals surface area (Å²) in [6, 6.07) is 7.70. The number of ether oxygens (including phenoxy) is 2. The molecule has 2 heterocycles. The third-order valence-corrected chi connectivity index (χ3v) is 4.98. The van der Waals surface area contributed by atoms with E-state index in [0.717, 1.165) is 24.1 Å². The van der Waals surface area contributed by atoms with E-state index in [1.54, 1.807) is 7.11 Å². The van der Waals surface area contributed by atoms with Crippen LogP contribution in [0.25, 0.3) is 0 Å². The first-order valence-electron chi connectivity index (χ1n) is 8.49. The van der Waals surface area contributed by atoms with Gasteiger partial charge in [0.2, 0.25) is 0 Å². The Hall–Kier alpha value is -1.26. The smallest absolute Gasteiger partial charge is 0.161 e. The van der Waals surface area contributed by atoms with E-state index in [1.807, 2.05) is 13.0 Å². The van der Waals surface area contributed by atoms with Gasteiger partial charge in [0.1, 0.15) is 0 Å². The Bertz CT molecular complexity index is 506. The maximum atomic E-state index is 5.70. The highest BCUT2D eigenvalue weighted by molar-refractivity contribution is 5.43. The molecule has 2 aliphatic heterocycles. The monoisotopic (exact) mass is 304 g/mol. The van der Waals surface area contributed by atoms with Gasteiger partial charge in [0.15, 0.2) is 11.5 Å². The summed E-state index contributed by atoms with van der Waals surface area (Å²) in [6.07, 6.45) is 2.72. The van der Waals surface area contributed by atoms with Crippen LogP contribution in [0.5, 0.6) is 11.5 Å². The molecule has 4 heteroatoms. The minimum atomic E-state index is 0.618. The van der Waals surface area contributed by atoms with Crippen molar-refractivity contribution in [3.05, 3.63) is 23.8 Å². The number of rotatable bonds is 5. The second-order valence-electron chi connectivity index (χ2n) is 6.49. The van der Waals surface area contributed by atoms with Crippen molar-refractivity contribution >= 4 is 0 Å². The van der Waals surface area contributed by atoms with Crippen LogP contribution in [0.3, 0.4) is 0 Å². The molecule has 2 aliphatic rings. The molecule has 0 bridgehead atoms. The minimum absolute atomic E-state index is 0.618. The zero-order valence-electron chi connectivity index (χ0n) is 14.0. The number of nitrogens with zero attached hydrogens (tertiary/aromatic N) is 2. The van der Waals surface area contributed by atoms with E-state index in [1.165, 1.54) is 38.0 Å². The lowest BCUT2D eigenvalue weighted by atomic mass is 10.1. The molecular weight excluding hydrogens is 276 g/mol. The van der Waals surface area contributed by atoms with Gasteiger partial charge in [-0.15, -0.1) is 0 Å². The average Bonchev–Trinajstić information content (AvgIpc) is 2.95. The number of hydrogen-bond donors (Lipinski definition) is 0. The minimum Gasteiger partial charge on any atom is -0.493 e. The normalized spacial score (nSPS) is 26.0. The SMILES string of the molecule is CCOc1cc(CN2C[C@H]3CCCN3C[C@H]2C)ccc1OC. The molecule has 2 fully saturated rings. The third-order valence-electron chi connectivity index (χ3n) is 4.98. The third kappa shape index (κ3) is 3.23. The molecule has 2 saturated heterocycles. The molecule has 0 unspecified atom stereocenters. The van der Waals surface area contributed by atoms with Crippen molar-refractivity contribution in [3.63, 3.8) is 0 Å². The van der Waals surface area contributed by atoms with Crippen molar-refractivity contribution in [1.29, 1.82) is 0 Å². The van der Waals surface area contributed by atoms with E-state index >= 15 is 0 Å². The van der Waals surface area contributed by atoms with Crippen LogP contribution < -0.4 is 9.47 Å². The molecule has 22 heavy (non-hydrogen) atoms. The van der Waals surface area contributed by atoms with Gasteiger partial charge in [0.25, 0.3) is 0 Å². The van der Waals surface area contributed by atoms with Gasteiger partial charge < -0.3 is 9.47 Å². The Morgan fingerprint density at radius 3 is 2.86 bits per heavy atom. The Balaban J connectivity index is 1.70. The maximum Gasteiger partial charge on any atom is 0.161 e. The van der Waals surface area contributed by atoms with E-state index in [9.17, 15) is 0 Å². The second kappa shape index (κ2) is 6.88. The standard InChI is InChI=1S/C18H28N2O2/c1-4-22-18-10-15(7-8-17(18)21-3)12-20-13-16-6-5-9-19(16)11-14(20)2/h7-8,10,14,16H,4-6,9,11-13H2,1-3H3/t14-,16-/m1/s1.